The first-order valence-corrected chi connectivity index (χ1v) is 7.42. The molecule has 0 aromatic heterocycles. The molecule has 0 bridgehead atoms. The predicted molar refractivity (Wildman–Crippen MR) is 85.4 cm³/mol. The van der Waals surface area contributed by atoms with Crippen LogP contribution in [0.4, 0.5) is 0 Å². The monoisotopic (exact) mass is 291 g/mol. The van der Waals surface area contributed by atoms with E-state index in [4.69, 9.17) is 9.47 Å². The van der Waals surface area contributed by atoms with Crippen molar-refractivity contribution in [2.75, 3.05) is 19.8 Å². The highest BCUT2D eigenvalue weighted by Gasteiger charge is 2.00. The van der Waals surface area contributed by atoms with Gasteiger partial charge in [-0.15, -0.1) is 0 Å². The fourth-order valence-electron chi connectivity index (χ4n) is 1.73. The summed E-state index contributed by atoms with van der Waals surface area (Å²) in [7, 11) is 0. The van der Waals surface area contributed by atoms with Crippen molar-refractivity contribution in [1.29, 1.82) is 0 Å². The molecule has 0 aliphatic carbocycles. The second-order valence-electron chi connectivity index (χ2n) is 4.87. The fourth-order valence-corrected chi connectivity index (χ4v) is 1.73. The van der Waals surface area contributed by atoms with Crippen LogP contribution in [-0.2, 0) is 9.53 Å². The molecule has 1 N–H and O–H groups in total. The van der Waals surface area contributed by atoms with Crippen LogP contribution < -0.4 is 10.1 Å². The number of carbonyl (C=O) groups is 1. The molecule has 0 aliphatic heterocycles. The first kappa shape index (κ1) is 17.2. The van der Waals surface area contributed by atoms with Gasteiger partial charge in [-0.3, -0.25) is 4.79 Å². The third-order valence-corrected chi connectivity index (χ3v) is 2.70. The van der Waals surface area contributed by atoms with Crippen molar-refractivity contribution in [2.45, 2.75) is 33.3 Å². The molecule has 0 aliphatic rings. The standard InChI is InChI=1S/C17H25NO3/c1-4-20-16-9-6-5-8-15(16)10-11-17(19)18-12-7-13-21-14(2)3/h5-6,8-11,14H,4,7,12-13H2,1-3H3,(H,18,19)/b11-10+. The number of amides is 1. The zero-order valence-electron chi connectivity index (χ0n) is 13.1. The zero-order valence-corrected chi connectivity index (χ0v) is 13.1. The van der Waals surface area contributed by atoms with Crippen LogP contribution in [0, 0.1) is 0 Å². The van der Waals surface area contributed by atoms with Crippen LogP contribution in [0.2, 0.25) is 0 Å². The van der Waals surface area contributed by atoms with E-state index in [2.05, 4.69) is 5.32 Å². The number of rotatable bonds is 9. The van der Waals surface area contributed by atoms with Gasteiger partial charge in [0, 0.05) is 24.8 Å². The minimum atomic E-state index is -0.106. The second-order valence-corrected chi connectivity index (χ2v) is 4.87. The van der Waals surface area contributed by atoms with Crippen molar-refractivity contribution in [3.63, 3.8) is 0 Å². The third kappa shape index (κ3) is 7.51. The Hall–Kier alpha value is -1.81. The molecule has 0 heterocycles. The molecule has 0 fully saturated rings. The van der Waals surface area contributed by atoms with E-state index in [0.29, 0.717) is 19.8 Å². The number of para-hydroxylation sites is 1. The Labute approximate surface area is 127 Å². The van der Waals surface area contributed by atoms with Gasteiger partial charge in [0.15, 0.2) is 0 Å². The zero-order chi connectivity index (χ0) is 15.5. The van der Waals surface area contributed by atoms with Crippen molar-refractivity contribution < 1.29 is 14.3 Å². The number of hydrogen-bond acceptors (Lipinski definition) is 3. The molecule has 0 radical (unpaired) electrons. The van der Waals surface area contributed by atoms with Gasteiger partial charge in [-0.1, -0.05) is 18.2 Å². The summed E-state index contributed by atoms with van der Waals surface area (Å²) in [5, 5.41) is 2.83. The maximum Gasteiger partial charge on any atom is 0.244 e. The van der Waals surface area contributed by atoms with Gasteiger partial charge < -0.3 is 14.8 Å². The lowest BCUT2D eigenvalue weighted by Crippen LogP contribution is -2.23. The highest BCUT2D eigenvalue weighted by atomic mass is 16.5. The van der Waals surface area contributed by atoms with Gasteiger partial charge in [-0.25, -0.2) is 0 Å². The first-order valence-electron chi connectivity index (χ1n) is 7.42. The molecule has 0 unspecified atom stereocenters. The highest BCUT2D eigenvalue weighted by Crippen LogP contribution is 2.19. The number of ether oxygens (including phenoxy) is 2. The summed E-state index contributed by atoms with van der Waals surface area (Å²) in [4.78, 5) is 11.7. The van der Waals surface area contributed by atoms with Crippen LogP contribution in [0.15, 0.2) is 30.3 Å². The lowest BCUT2D eigenvalue weighted by Gasteiger charge is -2.07. The van der Waals surface area contributed by atoms with Crippen LogP contribution in [0.3, 0.4) is 0 Å². The van der Waals surface area contributed by atoms with E-state index >= 15 is 0 Å². The van der Waals surface area contributed by atoms with Crippen molar-refractivity contribution >= 4 is 12.0 Å². The Morgan fingerprint density at radius 3 is 2.81 bits per heavy atom. The Balaban J connectivity index is 2.37. The van der Waals surface area contributed by atoms with E-state index in [9.17, 15) is 4.79 Å². The van der Waals surface area contributed by atoms with Gasteiger partial charge in [0.2, 0.25) is 5.91 Å². The normalized spacial score (nSPS) is 11.0. The van der Waals surface area contributed by atoms with Crippen LogP contribution in [0.25, 0.3) is 6.08 Å². The van der Waals surface area contributed by atoms with Gasteiger partial charge in [0.25, 0.3) is 0 Å². The van der Waals surface area contributed by atoms with E-state index in [1.54, 1.807) is 6.08 Å². The summed E-state index contributed by atoms with van der Waals surface area (Å²) in [6.07, 6.45) is 4.34. The van der Waals surface area contributed by atoms with Gasteiger partial charge in [0.05, 0.1) is 12.7 Å². The van der Waals surface area contributed by atoms with Crippen LogP contribution in [0.1, 0.15) is 32.8 Å². The van der Waals surface area contributed by atoms with E-state index in [0.717, 1.165) is 17.7 Å². The maximum absolute atomic E-state index is 11.7. The Kier molecular flexibility index (Phi) is 8.21. The molecule has 4 nitrogen and oxygen atoms in total. The quantitative estimate of drug-likeness (QED) is 0.562. The number of hydrogen-bond donors (Lipinski definition) is 1. The summed E-state index contributed by atoms with van der Waals surface area (Å²) >= 11 is 0. The van der Waals surface area contributed by atoms with Gasteiger partial charge in [-0.05, 0) is 39.3 Å². The minimum absolute atomic E-state index is 0.106. The molecule has 116 valence electrons. The number of carbonyl (C=O) groups excluding carboxylic acids is 1. The Morgan fingerprint density at radius 2 is 2.10 bits per heavy atom. The maximum atomic E-state index is 11.7. The smallest absolute Gasteiger partial charge is 0.244 e. The van der Waals surface area contributed by atoms with Crippen molar-refractivity contribution in [1.82, 2.24) is 5.32 Å². The molecule has 0 saturated carbocycles. The largest absolute Gasteiger partial charge is 0.493 e. The summed E-state index contributed by atoms with van der Waals surface area (Å²) in [6, 6.07) is 7.65. The average Bonchev–Trinajstić information content (AvgIpc) is 2.46. The van der Waals surface area contributed by atoms with E-state index in [1.165, 1.54) is 6.08 Å². The third-order valence-electron chi connectivity index (χ3n) is 2.70. The SMILES string of the molecule is CCOc1ccccc1/C=C/C(=O)NCCCOC(C)C. The molecule has 1 amide bonds. The van der Waals surface area contributed by atoms with Gasteiger partial charge in [-0.2, -0.15) is 0 Å². The van der Waals surface area contributed by atoms with Gasteiger partial charge in [0.1, 0.15) is 5.75 Å². The Bertz CT molecular complexity index is 455. The topological polar surface area (TPSA) is 47.6 Å². The van der Waals surface area contributed by atoms with Crippen molar-refractivity contribution in [3.05, 3.63) is 35.9 Å². The van der Waals surface area contributed by atoms with Crippen molar-refractivity contribution in [2.24, 2.45) is 0 Å². The molecule has 1 aromatic rings. The minimum Gasteiger partial charge on any atom is -0.493 e. The fraction of sp³-hybridized carbons (Fsp3) is 0.471. The molecular formula is C17H25NO3. The predicted octanol–water partition coefficient (Wildman–Crippen LogP) is 3.03. The molecule has 0 saturated heterocycles. The first-order chi connectivity index (χ1) is 10.1. The summed E-state index contributed by atoms with van der Waals surface area (Å²) in [5.74, 6) is 0.681. The molecule has 0 atom stereocenters. The molecule has 1 aromatic carbocycles. The van der Waals surface area contributed by atoms with Gasteiger partial charge >= 0.3 is 0 Å². The van der Waals surface area contributed by atoms with E-state index in [1.807, 2.05) is 45.0 Å². The van der Waals surface area contributed by atoms with Crippen molar-refractivity contribution in [3.8, 4) is 5.75 Å². The summed E-state index contributed by atoms with van der Waals surface area (Å²) < 4.78 is 10.9. The van der Waals surface area contributed by atoms with Crippen LogP contribution in [0.5, 0.6) is 5.75 Å². The molecule has 1 rings (SSSR count). The average molecular weight is 291 g/mol. The van der Waals surface area contributed by atoms with E-state index in [-0.39, 0.29) is 12.0 Å². The molecule has 21 heavy (non-hydrogen) atoms. The molecular weight excluding hydrogens is 266 g/mol. The number of benzene rings is 1. The summed E-state index contributed by atoms with van der Waals surface area (Å²) in [6.45, 7) is 7.81. The summed E-state index contributed by atoms with van der Waals surface area (Å²) in [5.41, 5.74) is 0.901. The molecule has 0 spiro atoms. The van der Waals surface area contributed by atoms with Crippen LogP contribution >= 0.6 is 0 Å². The number of nitrogens with one attached hydrogen (secondary N) is 1. The molecule has 4 heteroatoms. The Morgan fingerprint density at radius 1 is 1.33 bits per heavy atom. The highest BCUT2D eigenvalue weighted by molar-refractivity contribution is 5.92. The lowest BCUT2D eigenvalue weighted by molar-refractivity contribution is -0.116. The van der Waals surface area contributed by atoms with E-state index < -0.39 is 0 Å². The second kappa shape index (κ2) is 10.00. The lowest BCUT2D eigenvalue weighted by atomic mass is 10.2. The van der Waals surface area contributed by atoms with Crippen LogP contribution in [-0.4, -0.2) is 31.8 Å².